The summed E-state index contributed by atoms with van der Waals surface area (Å²) >= 11 is 6.10. The van der Waals surface area contributed by atoms with Gasteiger partial charge in [-0.1, -0.05) is 50.6 Å². The van der Waals surface area contributed by atoms with Gasteiger partial charge in [0.05, 0.1) is 6.61 Å². The zero-order chi connectivity index (χ0) is 12.4. The molecule has 3 heteroatoms. The second-order valence-corrected chi connectivity index (χ2v) is 10.9. The van der Waals surface area contributed by atoms with Gasteiger partial charge in [-0.15, -0.1) is 0 Å². The zero-order valence-electron chi connectivity index (χ0n) is 10.8. The van der Waals surface area contributed by atoms with E-state index in [0.29, 0.717) is 6.61 Å². The summed E-state index contributed by atoms with van der Waals surface area (Å²) in [5, 5.41) is 1.04. The number of benzene rings is 1. The molecule has 1 aromatic carbocycles. The highest BCUT2D eigenvalue weighted by Crippen LogP contribution is 2.37. The van der Waals surface area contributed by atoms with E-state index in [2.05, 4.69) is 33.9 Å². The Morgan fingerprint density at radius 2 is 1.75 bits per heavy atom. The fraction of sp³-hybridized carbons (Fsp3) is 0.538. The number of halogens is 1. The molecule has 0 fully saturated rings. The van der Waals surface area contributed by atoms with Crippen LogP contribution in [0.1, 0.15) is 26.3 Å². The van der Waals surface area contributed by atoms with Crippen LogP contribution in [0.3, 0.4) is 0 Å². The van der Waals surface area contributed by atoms with Gasteiger partial charge in [0.15, 0.2) is 8.32 Å². The minimum atomic E-state index is -1.67. The largest absolute Gasteiger partial charge is 0.413 e. The summed E-state index contributed by atoms with van der Waals surface area (Å²) in [6, 6.07) is 7.87. The van der Waals surface area contributed by atoms with Crippen LogP contribution < -0.4 is 0 Å². The van der Waals surface area contributed by atoms with Crippen LogP contribution in [-0.2, 0) is 11.0 Å². The van der Waals surface area contributed by atoms with Gasteiger partial charge in [-0.25, -0.2) is 0 Å². The molecular formula is C13H21ClOSi. The normalized spacial score (nSPS) is 12.9. The van der Waals surface area contributed by atoms with E-state index in [9.17, 15) is 0 Å². The van der Waals surface area contributed by atoms with Crippen LogP contribution in [0.15, 0.2) is 24.3 Å². The van der Waals surface area contributed by atoms with Crippen molar-refractivity contribution in [2.45, 2.75) is 45.5 Å². The van der Waals surface area contributed by atoms with Crippen LogP contribution in [0, 0.1) is 0 Å². The molecule has 0 aliphatic rings. The summed E-state index contributed by atoms with van der Waals surface area (Å²) in [6.45, 7) is 11.9. The molecule has 0 saturated carbocycles. The molecule has 0 aliphatic carbocycles. The summed E-state index contributed by atoms with van der Waals surface area (Å²) in [5.74, 6) is 0. The van der Waals surface area contributed by atoms with Gasteiger partial charge in [0, 0.05) is 5.02 Å². The minimum Gasteiger partial charge on any atom is -0.413 e. The molecule has 1 aromatic rings. The zero-order valence-corrected chi connectivity index (χ0v) is 12.6. The van der Waals surface area contributed by atoms with Crippen molar-refractivity contribution in [3.63, 3.8) is 0 Å². The van der Waals surface area contributed by atoms with Gasteiger partial charge < -0.3 is 4.43 Å². The van der Waals surface area contributed by atoms with Crippen molar-refractivity contribution < 1.29 is 4.43 Å². The Morgan fingerprint density at radius 1 is 1.19 bits per heavy atom. The molecule has 0 unspecified atom stereocenters. The van der Waals surface area contributed by atoms with Gasteiger partial charge >= 0.3 is 0 Å². The topological polar surface area (TPSA) is 9.23 Å². The summed E-state index contributed by atoms with van der Waals surface area (Å²) in [6.07, 6.45) is 0. The van der Waals surface area contributed by atoms with Crippen molar-refractivity contribution in [1.29, 1.82) is 0 Å². The minimum absolute atomic E-state index is 0.244. The Bertz CT molecular complexity index is 355. The number of hydrogen-bond acceptors (Lipinski definition) is 1. The Balaban J connectivity index is 2.69. The van der Waals surface area contributed by atoms with Crippen LogP contribution in [-0.4, -0.2) is 8.32 Å². The van der Waals surface area contributed by atoms with Gasteiger partial charge in [0.25, 0.3) is 0 Å². The maximum Gasteiger partial charge on any atom is 0.192 e. The molecule has 0 spiro atoms. The maximum atomic E-state index is 6.12. The fourth-order valence-electron chi connectivity index (χ4n) is 1.09. The fourth-order valence-corrected chi connectivity index (χ4v) is 2.23. The average Bonchev–Trinajstić information content (AvgIpc) is 2.15. The molecule has 0 saturated heterocycles. The molecule has 0 atom stereocenters. The number of rotatable bonds is 3. The van der Waals surface area contributed by atoms with E-state index in [1.807, 2.05) is 24.3 Å². The Hall–Kier alpha value is -0.313. The van der Waals surface area contributed by atoms with Crippen molar-refractivity contribution in [2.24, 2.45) is 0 Å². The van der Waals surface area contributed by atoms with Crippen molar-refractivity contribution in [3.8, 4) is 0 Å². The van der Waals surface area contributed by atoms with E-state index in [1.54, 1.807) is 0 Å². The first-order chi connectivity index (χ1) is 7.24. The lowest BCUT2D eigenvalue weighted by molar-refractivity contribution is 0.276. The first-order valence-electron chi connectivity index (χ1n) is 5.61. The van der Waals surface area contributed by atoms with E-state index in [4.69, 9.17) is 16.0 Å². The van der Waals surface area contributed by atoms with Crippen molar-refractivity contribution in [1.82, 2.24) is 0 Å². The van der Waals surface area contributed by atoms with Gasteiger partial charge in [-0.2, -0.15) is 0 Å². The molecule has 0 bridgehead atoms. The van der Waals surface area contributed by atoms with Crippen LogP contribution in [0.25, 0.3) is 0 Å². The molecule has 0 N–H and O–H groups in total. The monoisotopic (exact) mass is 256 g/mol. The van der Waals surface area contributed by atoms with E-state index in [1.165, 1.54) is 0 Å². The van der Waals surface area contributed by atoms with Gasteiger partial charge in [-0.3, -0.25) is 0 Å². The van der Waals surface area contributed by atoms with Gasteiger partial charge in [0.1, 0.15) is 0 Å². The molecule has 0 radical (unpaired) electrons. The average molecular weight is 257 g/mol. The van der Waals surface area contributed by atoms with Gasteiger partial charge in [-0.05, 0) is 29.8 Å². The van der Waals surface area contributed by atoms with E-state index >= 15 is 0 Å². The smallest absolute Gasteiger partial charge is 0.192 e. The summed E-state index contributed by atoms with van der Waals surface area (Å²) in [4.78, 5) is 0. The summed E-state index contributed by atoms with van der Waals surface area (Å²) in [5.41, 5.74) is 1.08. The summed E-state index contributed by atoms with van der Waals surface area (Å²) < 4.78 is 6.12. The van der Waals surface area contributed by atoms with Crippen LogP contribution in [0.2, 0.25) is 23.2 Å². The van der Waals surface area contributed by atoms with E-state index in [0.717, 1.165) is 10.6 Å². The molecule has 1 nitrogen and oxygen atoms in total. The molecule has 0 aromatic heterocycles. The first-order valence-corrected chi connectivity index (χ1v) is 8.90. The Kier molecular flexibility index (Phi) is 4.21. The highest BCUT2D eigenvalue weighted by molar-refractivity contribution is 6.74. The second-order valence-electron chi connectivity index (χ2n) is 5.64. The molecule has 0 aliphatic heterocycles. The van der Waals surface area contributed by atoms with Crippen molar-refractivity contribution in [3.05, 3.63) is 34.9 Å². The molecule has 0 heterocycles. The summed E-state index contributed by atoms with van der Waals surface area (Å²) in [7, 11) is -1.67. The molecule has 16 heavy (non-hydrogen) atoms. The second kappa shape index (κ2) is 4.90. The lowest BCUT2D eigenvalue weighted by Gasteiger charge is -2.36. The van der Waals surface area contributed by atoms with Crippen LogP contribution in [0.5, 0.6) is 0 Å². The molecule has 0 amide bonds. The van der Waals surface area contributed by atoms with E-state index < -0.39 is 8.32 Å². The SMILES string of the molecule is CC(C)(C)[Si](C)(C)OCc1ccccc1Cl. The third-order valence-corrected chi connectivity index (χ3v) is 8.20. The van der Waals surface area contributed by atoms with Crippen LogP contribution in [0.4, 0.5) is 0 Å². The quantitative estimate of drug-likeness (QED) is 0.702. The molecule has 1 rings (SSSR count). The highest BCUT2D eigenvalue weighted by Gasteiger charge is 2.37. The standard InChI is InChI=1S/C13H21ClOSi/c1-13(2,3)16(4,5)15-10-11-8-6-7-9-12(11)14/h6-9H,10H2,1-5H3. The van der Waals surface area contributed by atoms with Crippen molar-refractivity contribution in [2.75, 3.05) is 0 Å². The predicted molar refractivity (Wildman–Crippen MR) is 73.4 cm³/mol. The van der Waals surface area contributed by atoms with Crippen LogP contribution >= 0.6 is 11.6 Å². The van der Waals surface area contributed by atoms with E-state index in [-0.39, 0.29) is 5.04 Å². The van der Waals surface area contributed by atoms with Gasteiger partial charge in [0.2, 0.25) is 0 Å². The molecule has 90 valence electrons. The maximum absolute atomic E-state index is 6.12. The van der Waals surface area contributed by atoms with Crippen molar-refractivity contribution >= 4 is 19.9 Å². The Morgan fingerprint density at radius 3 is 2.25 bits per heavy atom. The Labute approximate surface area is 105 Å². The third-order valence-electron chi connectivity index (χ3n) is 3.35. The first kappa shape index (κ1) is 13.8. The number of hydrogen-bond donors (Lipinski definition) is 0. The highest BCUT2D eigenvalue weighted by atomic mass is 35.5. The molecular weight excluding hydrogens is 236 g/mol. The predicted octanol–water partition coefficient (Wildman–Crippen LogP) is 4.86. The lowest BCUT2D eigenvalue weighted by atomic mass is 10.2. The lowest BCUT2D eigenvalue weighted by Crippen LogP contribution is -2.40. The third kappa shape index (κ3) is 3.34.